The van der Waals surface area contributed by atoms with Gasteiger partial charge in [-0.2, -0.15) is 0 Å². The number of carboxylic acids is 1. The minimum Gasteiger partial charge on any atom is -0.497 e. The molecule has 0 radical (unpaired) electrons. The summed E-state index contributed by atoms with van der Waals surface area (Å²) in [6, 6.07) is 15.6. The summed E-state index contributed by atoms with van der Waals surface area (Å²) in [5.74, 6) is -0.290. The summed E-state index contributed by atoms with van der Waals surface area (Å²) in [5, 5.41) is 22.9. The van der Waals surface area contributed by atoms with Gasteiger partial charge in [0.2, 0.25) is 0 Å². The maximum absolute atomic E-state index is 11.5. The topological polar surface area (TPSA) is 78.8 Å². The summed E-state index contributed by atoms with van der Waals surface area (Å²) in [6.07, 6.45) is -0.786. The van der Waals surface area contributed by atoms with Gasteiger partial charge in [-0.25, -0.2) is 0 Å². The molecule has 0 saturated carbocycles. The molecule has 0 saturated heterocycles. The van der Waals surface area contributed by atoms with Crippen molar-refractivity contribution in [2.24, 2.45) is 0 Å². The molecule has 5 nitrogen and oxygen atoms in total. The number of carboxylic acid groups (broad SMARTS) is 1. The van der Waals surface area contributed by atoms with Gasteiger partial charge >= 0.3 is 5.97 Å². The van der Waals surface area contributed by atoms with E-state index in [9.17, 15) is 15.0 Å². The van der Waals surface area contributed by atoms with Gasteiger partial charge < -0.3 is 14.9 Å². The lowest BCUT2D eigenvalue weighted by molar-refractivity contribution is -0.140. The number of aliphatic carboxylic acids is 1. The summed E-state index contributed by atoms with van der Waals surface area (Å²) in [7, 11) is 1.57. The molecule has 128 valence electrons. The number of ether oxygens (including phenoxy) is 1. The van der Waals surface area contributed by atoms with Crippen molar-refractivity contribution >= 4 is 5.97 Å². The molecule has 0 bridgehead atoms. The third-order valence-corrected chi connectivity index (χ3v) is 4.01. The van der Waals surface area contributed by atoms with Gasteiger partial charge in [-0.1, -0.05) is 42.5 Å². The molecule has 0 spiro atoms. The van der Waals surface area contributed by atoms with E-state index in [1.165, 1.54) is 0 Å². The quantitative estimate of drug-likeness (QED) is 0.694. The van der Waals surface area contributed by atoms with Gasteiger partial charge in [0.05, 0.1) is 13.2 Å². The standard InChI is InChI=1S/C19H23NO4/c1-13(14-6-4-3-5-7-14)20-17(19(22)23)12-18(21)15-8-10-16(24-2)11-9-15/h3-11,13,17-18,20-21H,12H2,1-2H3,(H,22,23)/t13-,17+,18-/m0/s1. The minimum atomic E-state index is -0.981. The molecule has 0 unspecified atom stereocenters. The first-order valence-corrected chi connectivity index (χ1v) is 7.87. The van der Waals surface area contributed by atoms with Crippen LogP contribution in [0.1, 0.15) is 36.6 Å². The Morgan fingerprint density at radius 1 is 1.08 bits per heavy atom. The molecular weight excluding hydrogens is 306 g/mol. The van der Waals surface area contributed by atoms with Crippen LogP contribution in [-0.4, -0.2) is 29.3 Å². The number of benzene rings is 2. The number of carbonyl (C=O) groups is 1. The second-order valence-corrected chi connectivity index (χ2v) is 5.71. The first-order valence-electron chi connectivity index (χ1n) is 7.87. The molecule has 0 aliphatic carbocycles. The smallest absolute Gasteiger partial charge is 0.320 e. The molecule has 24 heavy (non-hydrogen) atoms. The molecule has 0 fully saturated rings. The number of methoxy groups -OCH3 is 1. The summed E-state index contributed by atoms with van der Waals surface area (Å²) in [6.45, 7) is 1.91. The van der Waals surface area contributed by atoms with Crippen molar-refractivity contribution in [1.82, 2.24) is 5.32 Å². The van der Waals surface area contributed by atoms with E-state index in [2.05, 4.69) is 5.32 Å². The zero-order chi connectivity index (χ0) is 17.5. The lowest BCUT2D eigenvalue weighted by Gasteiger charge is -2.23. The van der Waals surface area contributed by atoms with Gasteiger partial charge in [-0.3, -0.25) is 10.1 Å². The Labute approximate surface area is 141 Å². The monoisotopic (exact) mass is 329 g/mol. The van der Waals surface area contributed by atoms with Gasteiger partial charge in [0.25, 0.3) is 0 Å². The van der Waals surface area contributed by atoms with Crippen molar-refractivity contribution in [2.75, 3.05) is 7.11 Å². The molecule has 0 amide bonds. The number of rotatable bonds is 8. The molecule has 2 rings (SSSR count). The Kier molecular flexibility index (Phi) is 6.35. The van der Waals surface area contributed by atoms with E-state index < -0.39 is 18.1 Å². The Bertz CT molecular complexity index is 642. The molecular formula is C19H23NO4. The lowest BCUT2D eigenvalue weighted by atomic mass is 10.00. The van der Waals surface area contributed by atoms with Crippen LogP contribution >= 0.6 is 0 Å². The Balaban J connectivity index is 2.03. The van der Waals surface area contributed by atoms with Crippen LogP contribution in [0.25, 0.3) is 0 Å². The summed E-state index contributed by atoms with van der Waals surface area (Å²) >= 11 is 0. The normalized spacial score (nSPS) is 14.6. The number of hydrogen-bond acceptors (Lipinski definition) is 4. The van der Waals surface area contributed by atoms with E-state index in [0.29, 0.717) is 11.3 Å². The lowest BCUT2D eigenvalue weighted by Crippen LogP contribution is -2.39. The average Bonchev–Trinajstić information content (AvgIpc) is 2.61. The molecule has 3 atom stereocenters. The van der Waals surface area contributed by atoms with Gasteiger partial charge in [0.15, 0.2) is 0 Å². The van der Waals surface area contributed by atoms with Crippen LogP contribution in [-0.2, 0) is 4.79 Å². The second-order valence-electron chi connectivity index (χ2n) is 5.71. The van der Waals surface area contributed by atoms with Crippen molar-refractivity contribution in [3.05, 3.63) is 65.7 Å². The largest absolute Gasteiger partial charge is 0.497 e. The predicted octanol–water partition coefficient (Wildman–Crippen LogP) is 2.92. The van der Waals surface area contributed by atoms with Crippen LogP contribution in [0, 0.1) is 0 Å². The second kappa shape index (κ2) is 8.47. The van der Waals surface area contributed by atoms with E-state index in [-0.39, 0.29) is 12.5 Å². The van der Waals surface area contributed by atoms with E-state index in [0.717, 1.165) is 5.56 Å². The van der Waals surface area contributed by atoms with Crippen molar-refractivity contribution in [3.8, 4) is 5.75 Å². The fraction of sp³-hybridized carbons (Fsp3) is 0.316. The van der Waals surface area contributed by atoms with Crippen LogP contribution in [0.4, 0.5) is 0 Å². The zero-order valence-corrected chi connectivity index (χ0v) is 13.8. The predicted molar refractivity (Wildman–Crippen MR) is 92.0 cm³/mol. The maximum atomic E-state index is 11.5. The fourth-order valence-electron chi connectivity index (χ4n) is 2.57. The molecule has 0 aliphatic rings. The van der Waals surface area contributed by atoms with E-state index in [1.807, 2.05) is 37.3 Å². The highest BCUT2D eigenvalue weighted by atomic mass is 16.5. The third kappa shape index (κ3) is 4.81. The third-order valence-electron chi connectivity index (χ3n) is 4.01. The molecule has 2 aromatic carbocycles. The van der Waals surface area contributed by atoms with Crippen molar-refractivity contribution < 1.29 is 19.7 Å². The van der Waals surface area contributed by atoms with E-state index in [1.54, 1.807) is 31.4 Å². The molecule has 3 N–H and O–H groups in total. The van der Waals surface area contributed by atoms with Gasteiger partial charge in [0, 0.05) is 12.5 Å². The number of nitrogens with one attached hydrogen (secondary N) is 1. The van der Waals surface area contributed by atoms with E-state index >= 15 is 0 Å². The number of aliphatic hydroxyl groups is 1. The molecule has 0 heterocycles. The maximum Gasteiger partial charge on any atom is 0.320 e. The number of hydrogen-bond donors (Lipinski definition) is 3. The van der Waals surface area contributed by atoms with Gasteiger partial charge in [-0.05, 0) is 30.2 Å². The Hall–Kier alpha value is -2.37. The SMILES string of the molecule is COc1ccc([C@@H](O)C[C@@H](N[C@@H](C)c2ccccc2)C(=O)O)cc1. The van der Waals surface area contributed by atoms with E-state index in [4.69, 9.17) is 4.74 Å². The molecule has 2 aromatic rings. The number of aliphatic hydroxyl groups excluding tert-OH is 1. The van der Waals surface area contributed by atoms with Crippen LogP contribution in [0.15, 0.2) is 54.6 Å². The van der Waals surface area contributed by atoms with Crippen LogP contribution in [0.2, 0.25) is 0 Å². The highest BCUT2D eigenvalue weighted by Gasteiger charge is 2.24. The van der Waals surface area contributed by atoms with Crippen LogP contribution in [0.3, 0.4) is 0 Å². The zero-order valence-electron chi connectivity index (χ0n) is 13.8. The summed E-state index contributed by atoms with van der Waals surface area (Å²) in [4.78, 5) is 11.5. The Morgan fingerprint density at radius 3 is 2.25 bits per heavy atom. The Morgan fingerprint density at radius 2 is 1.71 bits per heavy atom. The van der Waals surface area contributed by atoms with Crippen molar-refractivity contribution in [1.29, 1.82) is 0 Å². The summed E-state index contributed by atoms with van der Waals surface area (Å²) in [5.41, 5.74) is 1.67. The molecule has 0 aromatic heterocycles. The first kappa shape index (κ1) is 18.0. The average molecular weight is 329 g/mol. The highest BCUT2D eigenvalue weighted by molar-refractivity contribution is 5.73. The first-order chi connectivity index (χ1) is 11.5. The van der Waals surface area contributed by atoms with Crippen molar-refractivity contribution in [3.63, 3.8) is 0 Å². The highest BCUT2D eigenvalue weighted by Crippen LogP contribution is 2.23. The molecule has 5 heteroatoms. The van der Waals surface area contributed by atoms with Crippen LogP contribution < -0.4 is 10.1 Å². The van der Waals surface area contributed by atoms with Crippen molar-refractivity contribution in [2.45, 2.75) is 31.5 Å². The van der Waals surface area contributed by atoms with Gasteiger partial charge in [-0.15, -0.1) is 0 Å². The van der Waals surface area contributed by atoms with Crippen LogP contribution in [0.5, 0.6) is 5.75 Å². The minimum absolute atomic E-state index is 0.0822. The fourth-order valence-corrected chi connectivity index (χ4v) is 2.57. The summed E-state index contributed by atoms with van der Waals surface area (Å²) < 4.78 is 5.08. The van der Waals surface area contributed by atoms with Gasteiger partial charge in [0.1, 0.15) is 11.8 Å². The molecule has 0 aliphatic heterocycles.